The van der Waals surface area contributed by atoms with Crippen molar-refractivity contribution in [3.63, 3.8) is 0 Å². The van der Waals surface area contributed by atoms with Gasteiger partial charge in [0.1, 0.15) is 10.8 Å². The number of benzene rings is 2. The van der Waals surface area contributed by atoms with Crippen LogP contribution in [-0.4, -0.2) is 10.2 Å². The molecule has 0 saturated carbocycles. The van der Waals surface area contributed by atoms with Crippen molar-refractivity contribution in [3.8, 4) is 10.6 Å². The minimum Gasteiger partial charge on any atom is -0.330 e. The maximum absolute atomic E-state index is 12.9. The summed E-state index contributed by atoms with van der Waals surface area (Å²) in [7, 11) is 0. The van der Waals surface area contributed by atoms with Crippen LogP contribution in [0.15, 0.2) is 53.0 Å². The van der Waals surface area contributed by atoms with Gasteiger partial charge in [0, 0.05) is 15.7 Å². The summed E-state index contributed by atoms with van der Waals surface area (Å²) in [5, 5.41) is 12.8. The predicted molar refractivity (Wildman–Crippen MR) is 82.7 cm³/mol. The van der Waals surface area contributed by atoms with Gasteiger partial charge in [-0.15, -0.1) is 10.2 Å². The number of hydrogen-bond donors (Lipinski definition) is 1. The van der Waals surface area contributed by atoms with Gasteiger partial charge in [-0.2, -0.15) is 0 Å². The minimum absolute atomic E-state index is 0.258. The van der Waals surface area contributed by atoms with E-state index in [1.807, 2.05) is 24.3 Å². The topological polar surface area (TPSA) is 37.8 Å². The van der Waals surface area contributed by atoms with E-state index in [1.54, 1.807) is 12.1 Å². The van der Waals surface area contributed by atoms with Gasteiger partial charge in [0.25, 0.3) is 0 Å². The van der Waals surface area contributed by atoms with Crippen molar-refractivity contribution in [2.75, 3.05) is 5.32 Å². The SMILES string of the molecule is Fc1ccc(-c2nnc(Nc3ccc(Br)cc3)s2)cc1. The summed E-state index contributed by atoms with van der Waals surface area (Å²) in [6, 6.07) is 14.0. The molecule has 1 heterocycles. The molecule has 0 aliphatic carbocycles. The second-order valence-corrected chi connectivity index (χ2v) is 5.94. The molecule has 0 radical (unpaired) electrons. The summed E-state index contributed by atoms with van der Waals surface area (Å²) in [6.45, 7) is 0. The molecule has 20 heavy (non-hydrogen) atoms. The maximum atomic E-state index is 12.9. The van der Waals surface area contributed by atoms with Crippen molar-refractivity contribution >= 4 is 38.1 Å². The fraction of sp³-hybridized carbons (Fsp3) is 0. The highest BCUT2D eigenvalue weighted by Gasteiger charge is 2.07. The molecule has 3 nitrogen and oxygen atoms in total. The number of hydrogen-bond acceptors (Lipinski definition) is 4. The van der Waals surface area contributed by atoms with Crippen LogP contribution in [0.25, 0.3) is 10.6 Å². The molecule has 0 spiro atoms. The zero-order valence-corrected chi connectivity index (χ0v) is 12.6. The summed E-state index contributed by atoms with van der Waals surface area (Å²) in [5.74, 6) is -0.258. The molecule has 0 saturated heterocycles. The monoisotopic (exact) mass is 349 g/mol. The molecule has 0 atom stereocenters. The van der Waals surface area contributed by atoms with Gasteiger partial charge in [0.05, 0.1) is 0 Å². The van der Waals surface area contributed by atoms with Crippen LogP contribution in [0.4, 0.5) is 15.2 Å². The average molecular weight is 350 g/mol. The lowest BCUT2D eigenvalue weighted by molar-refractivity contribution is 0.628. The zero-order valence-electron chi connectivity index (χ0n) is 10.2. The molecule has 6 heteroatoms. The molecule has 0 fully saturated rings. The molecule has 3 rings (SSSR count). The van der Waals surface area contributed by atoms with E-state index in [1.165, 1.54) is 23.5 Å². The number of anilines is 2. The smallest absolute Gasteiger partial charge is 0.210 e. The van der Waals surface area contributed by atoms with E-state index < -0.39 is 0 Å². The molecule has 1 aromatic heterocycles. The molecule has 3 aromatic rings. The lowest BCUT2D eigenvalue weighted by Gasteiger charge is -2.00. The first-order valence-corrected chi connectivity index (χ1v) is 7.44. The van der Waals surface area contributed by atoms with E-state index in [0.717, 1.165) is 20.7 Å². The third-order valence-corrected chi connectivity index (χ3v) is 4.03. The van der Waals surface area contributed by atoms with E-state index in [4.69, 9.17) is 0 Å². The first kappa shape index (κ1) is 13.2. The van der Waals surface area contributed by atoms with Gasteiger partial charge < -0.3 is 5.32 Å². The van der Waals surface area contributed by atoms with Crippen LogP contribution in [0.1, 0.15) is 0 Å². The summed E-state index contributed by atoms with van der Waals surface area (Å²) in [4.78, 5) is 0. The van der Waals surface area contributed by atoms with Gasteiger partial charge in [-0.25, -0.2) is 4.39 Å². The third kappa shape index (κ3) is 3.02. The largest absolute Gasteiger partial charge is 0.330 e. The fourth-order valence-corrected chi connectivity index (χ4v) is 2.67. The quantitative estimate of drug-likeness (QED) is 0.734. The Morgan fingerprint density at radius 3 is 2.35 bits per heavy atom. The van der Waals surface area contributed by atoms with Crippen LogP contribution in [0.5, 0.6) is 0 Å². The Morgan fingerprint density at radius 1 is 0.950 bits per heavy atom. The molecule has 1 N–H and O–H groups in total. The normalized spacial score (nSPS) is 10.5. The van der Waals surface area contributed by atoms with Crippen molar-refractivity contribution in [1.29, 1.82) is 0 Å². The van der Waals surface area contributed by atoms with Crippen molar-refractivity contribution in [3.05, 3.63) is 58.8 Å². The Hall–Kier alpha value is -1.79. The average Bonchev–Trinajstić information content (AvgIpc) is 2.91. The van der Waals surface area contributed by atoms with Crippen LogP contribution >= 0.6 is 27.3 Å². The van der Waals surface area contributed by atoms with Crippen LogP contribution in [0.3, 0.4) is 0 Å². The molecule has 0 aliphatic rings. The van der Waals surface area contributed by atoms with Crippen molar-refractivity contribution in [2.24, 2.45) is 0 Å². The molecule has 0 unspecified atom stereocenters. The van der Waals surface area contributed by atoms with Crippen molar-refractivity contribution in [2.45, 2.75) is 0 Å². The number of nitrogens with one attached hydrogen (secondary N) is 1. The maximum Gasteiger partial charge on any atom is 0.210 e. The molecular weight excluding hydrogens is 341 g/mol. The van der Waals surface area contributed by atoms with Crippen LogP contribution in [0, 0.1) is 5.82 Å². The zero-order chi connectivity index (χ0) is 13.9. The lowest BCUT2D eigenvalue weighted by atomic mass is 10.2. The predicted octanol–water partition coefficient (Wildman–Crippen LogP) is 4.85. The highest BCUT2D eigenvalue weighted by molar-refractivity contribution is 9.10. The van der Waals surface area contributed by atoms with Gasteiger partial charge in [-0.05, 0) is 48.5 Å². The first-order chi connectivity index (χ1) is 9.70. The highest BCUT2D eigenvalue weighted by Crippen LogP contribution is 2.28. The summed E-state index contributed by atoms with van der Waals surface area (Å²) in [6.07, 6.45) is 0. The standard InChI is InChI=1S/C14H9BrFN3S/c15-10-3-7-12(8-4-10)17-14-19-18-13(20-14)9-1-5-11(16)6-2-9/h1-8H,(H,17,19). The molecule has 0 amide bonds. The molecule has 100 valence electrons. The molecule has 0 bridgehead atoms. The third-order valence-electron chi connectivity index (χ3n) is 2.61. The number of halogens is 2. The Balaban J connectivity index is 1.80. The van der Waals surface area contributed by atoms with Crippen molar-refractivity contribution in [1.82, 2.24) is 10.2 Å². The first-order valence-electron chi connectivity index (χ1n) is 5.83. The van der Waals surface area contributed by atoms with E-state index in [0.29, 0.717) is 5.13 Å². The molecule has 2 aromatic carbocycles. The van der Waals surface area contributed by atoms with Crippen LogP contribution in [0.2, 0.25) is 0 Å². The Labute approximate surface area is 127 Å². The van der Waals surface area contributed by atoms with Gasteiger partial charge in [0.2, 0.25) is 5.13 Å². The van der Waals surface area contributed by atoms with Crippen LogP contribution in [-0.2, 0) is 0 Å². The van der Waals surface area contributed by atoms with E-state index >= 15 is 0 Å². The fourth-order valence-electron chi connectivity index (χ4n) is 1.64. The molecular formula is C14H9BrFN3S. The Kier molecular flexibility index (Phi) is 3.75. The Bertz CT molecular complexity index is 710. The van der Waals surface area contributed by atoms with Gasteiger partial charge in [-0.1, -0.05) is 27.3 Å². The minimum atomic E-state index is -0.258. The van der Waals surface area contributed by atoms with Gasteiger partial charge in [-0.3, -0.25) is 0 Å². The van der Waals surface area contributed by atoms with E-state index in [2.05, 4.69) is 31.4 Å². The van der Waals surface area contributed by atoms with Gasteiger partial charge >= 0.3 is 0 Å². The molecule has 0 aliphatic heterocycles. The second-order valence-electron chi connectivity index (χ2n) is 4.05. The van der Waals surface area contributed by atoms with Crippen molar-refractivity contribution < 1.29 is 4.39 Å². The summed E-state index contributed by atoms with van der Waals surface area (Å²) in [5.41, 5.74) is 1.79. The van der Waals surface area contributed by atoms with E-state index in [9.17, 15) is 4.39 Å². The van der Waals surface area contributed by atoms with Gasteiger partial charge in [0.15, 0.2) is 0 Å². The van der Waals surface area contributed by atoms with Crippen LogP contribution < -0.4 is 5.32 Å². The summed E-state index contributed by atoms with van der Waals surface area (Å²) < 4.78 is 13.9. The highest BCUT2D eigenvalue weighted by atomic mass is 79.9. The second kappa shape index (κ2) is 5.68. The van der Waals surface area contributed by atoms with E-state index in [-0.39, 0.29) is 5.82 Å². The number of rotatable bonds is 3. The number of nitrogens with zero attached hydrogens (tertiary/aromatic N) is 2. The summed E-state index contributed by atoms with van der Waals surface area (Å²) >= 11 is 4.81. The lowest BCUT2D eigenvalue weighted by Crippen LogP contribution is -1.88. The number of aromatic nitrogens is 2. The Morgan fingerprint density at radius 2 is 1.65 bits per heavy atom.